The number of nitrogens with zero attached hydrogens (tertiary/aromatic N) is 5. The molecule has 7 nitrogen and oxygen atoms in total. The van der Waals surface area contributed by atoms with Gasteiger partial charge < -0.3 is 9.80 Å². The zero-order valence-corrected chi connectivity index (χ0v) is 13.5. The second-order valence-corrected chi connectivity index (χ2v) is 5.99. The summed E-state index contributed by atoms with van der Waals surface area (Å²) in [7, 11) is 5.88. The van der Waals surface area contributed by atoms with Crippen LogP contribution < -0.4 is 21.1 Å². The van der Waals surface area contributed by atoms with Crippen LogP contribution in [0.5, 0.6) is 0 Å². The van der Waals surface area contributed by atoms with Gasteiger partial charge in [0.2, 0.25) is 17.8 Å². The summed E-state index contributed by atoms with van der Waals surface area (Å²) in [6.45, 7) is 2.28. The fourth-order valence-electron chi connectivity index (χ4n) is 2.88. The molecule has 0 unspecified atom stereocenters. The molecule has 1 aliphatic carbocycles. The normalized spacial score (nSPS) is 22.0. The van der Waals surface area contributed by atoms with Gasteiger partial charge in [-0.2, -0.15) is 15.0 Å². The molecule has 0 bridgehead atoms. The fraction of sp³-hybridized carbons (Fsp3) is 0.786. The third kappa shape index (κ3) is 3.72. The van der Waals surface area contributed by atoms with E-state index in [4.69, 9.17) is 5.84 Å². The third-order valence-corrected chi connectivity index (χ3v) is 4.40. The Morgan fingerprint density at radius 1 is 1.05 bits per heavy atom. The van der Waals surface area contributed by atoms with Crippen molar-refractivity contribution in [3.8, 4) is 0 Å². The highest BCUT2D eigenvalue weighted by molar-refractivity contribution is 5.44. The van der Waals surface area contributed by atoms with Gasteiger partial charge in [-0.1, -0.05) is 13.3 Å². The van der Waals surface area contributed by atoms with Crippen LogP contribution >= 0.6 is 0 Å². The van der Waals surface area contributed by atoms with E-state index in [2.05, 4.69) is 39.2 Å². The van der Waals surface area contributed by atoms with Crippen LogP contribution in [0.15, 0.2) is 0 Å². The van der Waals surface area contributed by atoms with Gasteiger partial charge >= 0.3 is 0 Å². The highest BCUT2D eigenvalue weighted by Crippen LogP contribution is 2.30. The minimum absolute atomic E-state index is 0.401. The van der Waals surface area contributed by atoms with Gasteiger partial charge in [0.05, 0.1) is 0 Å². The van der Waals surface area contributed by atoms with Gasteiger partial charge in [0.1, 0.15) is 0 Å². The van der Waals surface area contributed by atoms with E-state index in [0.717, 1.165) is 5.92 Å². The van der Waals surface area contributed by atoms with Gasteiger partial charge in [-0.3, -0.25) is 5.43 Å². The van der Waals surface area contributed by atoms with E-state index < -0.39 is 0 Å². The summed E-state index contributed by atoms with van der Waals surface area (Å²) in [5.41, 5.74) is 2.52. The predicted octanol–water partition coefficient (Wildman–Crippen LogP) is 1.63. The molecule has 0 amide bonds. The molecule has 0 aromatic carbocycles. The van der Waals surface area contributed by atoms with Gasteiger partial charge in [0.25, 0.3) is 0 Å². The molecule has 1 saturated carbocycles. The number of aromatic nitrogens is 3. The largest absolute Gasteiger partial charge is 0.347 e. The standard InChI is InChI=1S/C14H27N7/c1-5-10-6-8-11(9-7-10)21(4)14-17-12(19-15)16-13(18-14)20(2)3/h10-11H,5-9,15H2,1-4H3,(H,16,17,18,19). The Kier molecular flexibility index (Phi) is 5.17. The Labute approximate surface area is 126 Å². The molecule has 3 N–H and O–H groups in total. The van der Waals surface area contributed by atoms with E-state index in [9.17, 15) is 0 Å². The van der Waals surface area contributed by atoms with Crippen molar-refractivity contribution >= 4 is 17.8 Å². The Morgan fingerprint density at radius 2 is 1.67 bits per heavy atom. The summed E-state index contributed by atoms with van der Waals surface area (Å²) < 4.78 is 0. The van der Waals surface area contributed by atoms with Crippen LogP contribution in [0.3, 0.4) is 0 Å². The molecule has 7 heteroatoms. The molecule has 1 aromatic rings. The first-order valence-corrected chi connectivity index (χ1v) is 7.68. The molecule has 1 heterocycles. The van der Waals surface area contributed by atoms with Gasteiger partial charge in [-0.25, -0.2) is 5.84 Å². The molecule has 118 valence electrons. The van der Waals surface area contributed by atoms with Crippen LogP contribution in [0.1, 0.15) is 39.0 Å². The van der Waals surface area contributed by atoms with E-state index in [1.165, 1.54) is 32.1 Å². The lowest BCUT2D eigenvalue weighted by molar-refractivity contribution is 0.312. The number of hydrogen-bond donors (Lipinski definition) is 2. The SMILES string of the molecule is CCC1CCC(N(C)c2nc(NN)nc(N(C)C)n2)CC1. The number of nitrogen functional groups attached to an aromatic ring is 1. The van der Waals surface area contributed by atoms with Gasteiger partial charge in [0.15, 0.2) is 0 Å². The van der Waals surface area contributed by atoms with Crippen molar-refractivity contribution in [3.63, 3.8) is 0 Å². The second kappa shape index (κ2) is 6.89. The average molecular weight is 293 g/mol. The number of nitrogens with one attached hydrogen (secondary N) is 1. The molecule has 1 aliphatic rings. The van der Waals surface area contributed by atoms with Crippen molar-refractivity contribution in [1.82, 2.24) is 15.0 Å². The minimum atomic E-state index is 0.401. The maximum absolute atomic E-state index is 5.46. The molecule has 1 fully saturated rings. The van der Waals surface area contributed by atoms with Crippen LogP contribution in [-0.4, -0.2) is 42.1 Å². The lowest BCUT2D eigenvalue weighted by atomic mass is 9.84. The van der Waals surface area contributed by atoms with Crippen molar-refractivity contribution in [2.45, 2.75) is 45.1 Å². The summed E-state index contributed by atoms with van der Waals surface area (Å²) in [4.78, 5) is 17.2. The molecule has 0 aliphatic heterocycles. The first-order chi connectivity index (χ1) is 10.0. The Balaban J connectivity index is 2.15. The lowest BCUT2D eigenvalue weighted by Gasteiger charge is -2.34. The Hall–Kier alpha value is -1.63. The summed E-state index contributed by atoms with van der Waals surface area (Å²) >= 11 is 0. The number of anilines is 3. The van der Waals surface area contributed by atoms with Crippen LogP contribution in [0.2, 0.25) is 0 Å². The van der Waals surface area contributed by atoms with Crippen molar-refractivity contribution in [2.75, 3.05) is 36.4 Å². The molecular weight excluding hydrogens is 266 g/mol. The second-order valence-electron chi connectivity index (χ2n) is 5.99. The Bertz CT molecular complexity index is 455. The van der Waals surface area contributed by atoms with Crippen molar-refractivity contribution < 1.29 is 0 Å². The van der Waals surface area contributed by atoms with Crippen molar-refractivity contribution in [1.29, 1.82) is 0 Å². The molecule has 21 heavy (non-hydrogen) atoms. The van der Waals surface area contributed by atoms with Gasteiger partial charge in [-0.15, -0.1) is 0 Å². The quantitative estimate of drug-likeness (QED) is 0.630. The summed E-state index contributed by atoms with van der Waals surface area (Å²) in [5, 5.41) is 0. The van der Waals surface area contributed by atoms with E-state index in [0.29, 0.717) is 23.9 Å². The summed E-state index contributed by atoms with van der Waals surface area (Å²) in [6, 6.07) is 0.496. The van der Waals surface area contributed by atoms with Crippen LogP contribution in [0, 0.1) is 5.92 Å². The first-order valence-electron chi connectivity index (χ1n) is 7.68. The molecule has 0 saturated heterocycles. The highest BCUT2D eigenvalue weighted by Gasteiger charge is 2.25. The molecule has 2 rings (SSSR count). The lowest BCUT2D eigenvalue weighted by Crippen LogP contribution is -2.36. The minimum Gasteiger partial charge on any atom is -0.347 e. The number of hydrazine groups is 1. The van der Waals surface area contributed by atoms with Crippen molar-refractivity contribution in [2.24, 2.45) is 11.8 Å². The molecule has 0 atom stereocenters. The highest BCUT2D eigenvalue weighted by atomic mass is 15.4. The Morgan fingerprint density at radius 3 is 2.19 bits per heavy atom. The zero-order valence-electron chi connectivity index (χ0n) is 13.5. The van der Waals surface area contributed by atoms with E-state index >= 15 is 0 Å². The van der Waals surface area contributed by atoms with Crippen LogP contribution in [-0.2, 0) is 0 Å². The number of hydrogen-bond acceptors (Lipinski definition) is 7. The van der Waals surface area contributed by atoms with Crippen LogP contribution in [0.25, 0.3) is 0 Å². The molecular formula is C14H27N7. The zero-order chi connectivity index (χ0) is 15.4. The number of rotatable bonds is 5. The number of nitrogens with two attached hydrogens (primary N) is 1. The fourth-order valence-corrected chi connectivity index (χ4v) is 2.88. The third-order valence-electron chi connectivity index (χ3n) is 4.40. The van der Waals surface area contributed by atoms with Crippen molar-refractivity contribution in [3.05, 3.63) is 0 Å². The average Bonchev–Trinajstić information content (AvgIpc) is 2.53. The molecule has 0 radical (unpaired) electrons. The van der Waals surface area contributed by atoms with Gasteiger partial charge in [-0.05, 0) is 31.6 Å². The smallest absolute Gasteiger partial charge is 0.243 e. The maximum atomic E-state index is 5.46. The first kappa shape index (κ1) is 15.8. The summed E-state index contributed by atoms with van der Waals surface area (Å²) in [5.74, 6) is 8.04. The van der Waals surface area contributed by atoms with E-state index in [1.807, 2.05) is 19.0 Å². The predicted molar refractivity (Wildman–Crippen MR) is 86.4 cm³/mol. The topological polar surface area (TPSA) is 83.2 Å². The molecule has 1 aromatic heterocycles. The molecule has 0 spiro atoms. The van der Waals surface area contributed by atoms with Crippen LogP contribution in [0.4, 0.5) is 17.8 Å². The maximum Gasteiger partial charge on any atom is 0.243 e. The monoisotopic (exact) mass is 293 g/mol. The van der Waals surface area contributed by atoms with E-state index in [-0.39, 0.29) is 0 Å². The van der Waals surface area contributed by atoms with E-state index in [1.54, 1.807) is 0 Å². The summed E-state index contributed by atoms with van der Waals surface area (Å²) in [6.07, 6.45) is 6.26. The van der Waals surface area contributed by atoms with Gasteiger partial charge in [0, 0.05) is 27.2 Å².